The second-order valence-electron chi connectivity index (χ2n) is 12.9. The fraction of sp³-hybridized carbons (Fsp3) is 0.853. The van der Waals surface area contributed by atoms with Crippen molar-refractivity contribution in [2.75, 3.05) is 41.4 Å². The predicted octanol–water partition coefficient (Wildman–Crippen LogP) is 3.95. The first-order valence-electron chi connectivity index (χ1n) is 16.6. The minimum atomic E-state index is -0.741. The molecule has 9 atom stereocenters. The third-order valence-corrected chi connectivity index (χ3v) is 9.94. The summed E-state index contributed by atoms with van der Waals surface area (Å²) in [5.41, 5.74) is 0.567. The summed E-state index contributed by atoms with van der Waals surface area (Å²) in [4.78, 5) is 58.0. The van der Waals surface area contributed by atoms with Crippen molar-refractivity contribution in [3.63, 3.8) is 0 Å². The van der Waals surface area contributed by atoms with E-state index in [1.54, 1.807) is 40.0 Å². The lowest BCUT2D eigenvalue weighted by Gasteiger charge is -2.40. The molecule has 10 heteroatoms. The van der Waals surface area contributed by atoms with Crippen LogP contribution in [-0.4, -0.2) is 116 Å². The number of amides is 3. The minimum Gasteiger partial charge on any atom is -0.379 e. The van der Waals surface area contributed by atoms with E-state index in [1.807, 2.05) is 36.6 Å². The fourth-order valence-corrected chi connectivity index (χ4v) is 6.86. The molecule has 3 unspecified atom stereocenters. The van der Waals surface area contributed by atoms with Crippen LogP contribution < -0.4 is 5.32 Å². The van der Waals surface area contributed by atoms with Crippen molar-refractivity contribution < 1.29 is 28.7 Å². The van der Waals surface area contributed by atoms with Gasteiger partial charge in [0.15, 0.2) is 0 Å². The molecule has 0 aromatic heterocycles. The van der Waals surface area contributed by atoms with Gasteiger partial charge in [0.25, 0.3) is 0 Å². The normalized spacial score (nSPS) is 20.6. The van der Waals surface area contributed by atoms with Crippen molar-refractivity contribution in [3.05, 3.63) is 5.57 Å². The molecule has 0 radical (unpaired) electrons. The molecule has 0 bridgehead atoms. The van der Waals surface area contributed by atoms with Crippen molar-refractivity contribution in [2.45, 2.75) is 130 Å². The molecule has 3 amide bonds. The molecule has 0 saturated carbocycles. The van der Waals surface area contributed by atoms with E-state index in [4.69, 9.17) is 9.47 Å². The highest BCUT2D eigenvalue weighted by Crippen LogP contribution is 2.31. The van der Waals surface area contributed by atoms with E-state index >= 15 is 0 Å². The first-order valence-corrected chi connectivity index (χ1v) is 16.6. The number of nitrogens with one attached hydrogen (secondary N) is 1. The summed E-state index contributed by atoms with van der Waals surface area (Å²) in [5, 5.41) is 2.98. The number of likely N-dealkylation sites (N-methyl/N-ethyl adjacent to an activating group) is 2. The second kappa shape index (κ2) is 19.3. The molecule has 254 valence electrons. The monoisotopic (exact) mass is 622 g/mol. The molecular formula is C34H62N4O6. The zero-order chi connectivity index (χ0) is 33.7. The summed E-state index contributed by atoms with van der Waals surface area (Å²) in [5.74, 6) is 1.57. The van der Waals surface area contributed by atoms with Crippen LogP contribution >= 0.6 is 0 Å². The second-order valence-corrected chi connectivity index (χ2v) is 12.9. The van der Waals surface area contributed by atoms with Gasteiger partial charge in [-0.15, -0.1) is 0 Å². The van der Waals surface area contributed by atoms with E-state index in [0.717, 1.165) is 38.6 Å². The van der Waals surface area contributed by atoms with Crippen LogP contribution in [0.25, 0.3) is 0 Å². The average molecular weight is 623 g/mol. The number of carbonyl (C=O) groups is 3. The molecule has 1 saturated heterocycles. The van der Waals surface area contributed by atoms with Crippen molar-refractivity contribution in [1.82, 2.24) is 20.0 Å². The lowest BCUT2D eigenvalue weighted by Crippen LogP contribution is -2.58. The van der Waals surface area contributed by atoms with E-state index in [0.29, 0.717) is 12.1 Å². The smallest absolute Gasteiger partial charge is 0.244 e. The van der Waals surface area contributed by atoms with Crippen LogP contribution in [0.5, 0.6) is 0 Å². The van der Waals surface area contributed by atoms with Crippen molar-refractivity contribution in [2.24, 2.45) is 17.8 Å². The first-order chi connectivity index (χ1) is 20.7. The average Bonchev–Trinajstić information content (AvgIpc) is 3.49. The van der Waals surface area contributed by atoms with Crippen LogP contribution in [0.1, 0.15) is 93.9 Å². The number of hydrogen-bond donors (Lipinski definition) is 1. The summed E-state index contributed by atoms with van der Waals surface area (Å²) in [6.07, 6.45) is 3.49. The van der Waals surface area contributed by atoms with E-state index in [9.17, 15) is 19.2 Å². The van der Waals surface area contributed by atoms with E-state index in [-0.39, 0.29) is 66.1 Å². The van der Waals surface area contributed by atoms with Gasteiger partial charge >= 0.3 is 0 Å². The van der Waals surface area contributed by atoms with Crippen LogP contribution in [0, 0.1) is 17.8 Å². The Morgan fingerprint density at radius 3 is 2.16 bits per heavy atom. The number of rotatable bonds is 19. The third kappa shape index (κ3) is 10.1. The van der Waals surface area contributed by atoms with Gasteiger partial charge in [0.05, 0.1) is 36.8 Å². The highest BCUT2D eigenvalue weighted by molar-refractivity contribution is 5.89. The molecular weight excluding hydrogens is 560 g/mol. The first kappa shape index (κ1) is 39.8. The maximum atomic E-state index is 13.9. The molecule has 44 heavy (non-hydrogen) atoms. The van der Waals surface area contributed by atoms with E-state index in [2.05, 4.69) is 33.0 Å². The van der Waals surface area contributed by atoms with E-state index < -0.39 is 12.1 Å². The molecule has 1 fully saturated rings. The number of nitrogens with zero attached hydrogens (tertiary/aromatic N) is 3. The number of methoxy groups -OCH3 is 2. The van der Waals surface area contributed by atoms with Gasteiger partial charge in [-0.1, -0.05) is 54.4 Å². The van der Waals surface area contributed by atoms with Gasteiger partial charge in [0, 0.05) is 39.3 Å². The Labute approximate surface area is 267 Å². The molecule has 0 aromatic rings. The predicted molar refractivity (Wildman–Crippen MR) is 175 cm³/mol. The van der Waals surface area contributed by atoms with Crippen molar-refractivity contribution >= 4 is 23.7 Å². The molecule has 1 rings (SSSR count). The van der Waals surface area contributed by atoms with Gasteiger partial charge in [-0.2, -0.15) is 0 Å². The van der Waals surface area contributed by atoms with Crippen LogP contribution in [0.4, 0.5) is 0 Å². The van der Waals surface area contributed by atoms with Crippen LogP contribution in [0.2, 0.25) is 0 Å². The summed E-state index contributed by atoms with van der Waals surface area (Å²) >= 11 is 0. The molecule has 1 aliphatic rings. The fourth-order valence-electron chi connectivity index (χ4n) is 6.86. The lowest BCUT2D eigenvalue weighted by atomic mass is 9.88. The Balaban J connectivity index is 3.22. The SMILES string of the molecule is CCC[C@H](C)C([C@@H](CC(=O)N1CCCC1[C@H](OC)[C@@H](C)C(C)=C=O)OC)N(C)C(=O)[C@H](C)NC(=O)[C@H](C(C)CC)N(C)CC. The maximum absolute atomic E-state index is 13.9. The molecule has 0 spiro atoms. The molecule has 1 N–H and O–H groups in total. The zero-order valence-corrected chi connectivity index (χ0v) is 29.6. The standard InChI is InChI=1S/C34H62N4O6/c1-13-17-23(5)30(37(10)34(42)26(8)35-33(41)31(22(4)14-2)36(9)15-3)28(43-11)20-29(40)38-19-16-18-27(38)32(44-12)25(7)24(6)21-39/h22-23,25-28,30-32H,13-20H2,1-12H3,(H,35,41)/t22?,23-,25-,26-,27?,28+,30?,31-,32+/m0/s1. The van der Waals surface area contributed by atoms with Crippen LogP contribution in [0.15, 0.2) is 5.57 Å². The zero-order valence-electron chi connectivity index (χ0n) is 29.6. The molecule has 10 nitrogen and oxygen atoms in total. The maximum Gasteiger partial charge on any atom is 0.244 e. The third-order valence-electron chi connectivity index (χ3n) is 9.94. The summed E-state index contributed by atoms with van der Waals surface area (Å²) < 4.78 is 11.8. The van der Waals surface area contributed by atoms with Crippen molar-refractivity contribution in [3.8, 4) is 0 Å². The van der Waals surface area contributed by atoms with Crippen LogP contribution in [0.3, 0.4) is 0 Å². The van der Waals surface area contributed by atoms with Gasteiger partial charge in [0.2, 0.25) is 17.7 Å². The number of likely N-dealkylation sites (tertiary alicyclic amines) is 1. The van der Waals surface area contributed by atoms with Gasteiger partial charge in [0.1, 0.15) is 12.0 Å². The topological polar surface area (TPSA) is 108 Å². The summed E-state index contributed by atoms with van der Waals surface area (Å²) in [6.45, 7) is 17.0. The van der Waals surface area contributed by atoms with Gasteiger partial charge in [-0.3, -0.25) is 19.3 Å². The molecule has 0 aromatic carbocycles. The van der Waals surface area contributed by atoms with Crippen LogP contribution in [-0.2, 0) is 28.7 Å². The van der Waals surface area contributed by atoms with Crippen molar-refractivity contribution in [1.29, 1.82) is 0 Å². The molecule has 1 aliphatic heterocycles. The summed E-state index contributed by atoms with van der Waals surface area (Å²) in [6, 6.07) is -1.61. The Bertz CT molecular complexity index is 959. The quantitative estimate of drug-likeness (QED) is 0.217. The highest BCUT2D eigenvalue weighted by Gasteiger charge is 2.41. The lowest BCUT2D eigenvalue weighted by molar-refractivity contribution is -0.146. The Morgan fingerprint density at radius 2 is 1.66 bits per heavy atom. The Hall–Kier alpha value is -2.26. The number of ether oxygens (including phenoxy) is 2. The largest absolute Gasteiger partial charge is 0.379 e. The van der Waals surface area contributed by atoms with Gasteiger partial charge < -0.3 is 24.6 Å². The number of carbonyl (C=O) groups excluding carboxylic acids is 4. The highest BCUT2D eigenvalue weighted by atomic mass is 16.5. The number of hydrogen-bond acceptors (Lipinski definition) is 7. The molecule has 1 heterocycles. The Morgan fingerprint density at radius 1 is 1.02 bits per heavy atom. The Kier molecular flexibility index (Phi) is 17.4. The minimum absolute atomic E-state index is 0.0511. The van der Waals surface area contributed by atoms with Gasteiger partial charge in [-0.25, -0.2) is 4.79 Å². The van der Waals surface area contributed by atoms with E-state index in [1.165, 1.54) is 0 Å². The molecule has 0 aliphatic carbocycles. The summed E-state index contributed by atoms with van der Waals surface area (Å²) in [7, 11) is 6.88. The van der Waals surface area contributed by atoms with Gasteiger partial charge in [-0.05, 0) is 58.5 Å².